The highest BCUT2D eigenvalue weighted by atomic mass is 79.9. The van der Waals surface area contributed by atoms with E-state index in [0.29, 0.717) is 16.7 Å². The molecule has 0 bridgehead atoms. The number of carboxylic acids is 1. The molecule has 1 aromatic carbocycles. The van der Waals surface area contributed by atoms with Gasteiger partial charge in [-0.2, -0.15) is 5.10 Å². The minimum absolute atomic E-state index is 0.00389. The molecule has 2 N–H and O–H groups in total. The molecule has 0 aliphatic heterocycles. The van der Waals surface area contributed by atoms with Crippen LogP contribution in [0.5, 0.6) is 5.75 Å². The van der Waals surface area contributed by atoms with Gasteiger partial charge in [-0.05, 0) is 28.1 Å². The Morgan fingerprint density at radius 1 is 1.60 bits per heavy atom. The molecule has 1 aromatic heterocycles. The van der Waals surface area contributed by atoms with Gasteiger partial charge in [-0.3, -0.25) is 5.10 Å². The lowest BCUT2D eigenvalue weighted by molar-refractivity contribution is 0.0692. The number of carboxylic acid groups (broad SMARTS) is 1. The van der Waals surface area contributed by atoms with Crippen LogP contribution in [0.1, 0.15) is 10.5 Å². The van der Waals surface area contributed by atoms with Crippen LogP contribution in [0.25, 0.3) is 10.9 Å². The number of nitrogens with one attached hydrogen (secondary N) is 1. The number of aromatic nitrogens is 2. The van der Waals surface area contributed by atoms with Crippen molar-refractivity contribution in [3.05, 3.63) is 22.3 Å². The molecule has 0 fully saturated rings. The van der Waals surface area contributed by atoms with Crippen LogP contribution >= 0.6 is 15.9 Å². The maximum absolute atomic E-state index is 10.8. The predicted molar refractivity (Wildman–Crippen MR) is 57.3 cm³/mol. The highest BCUT2D eigenvalue weighted by molar-refractivity contribution is 9.10. The summed E-state index contributed by atoms with van der Waals surface area (Å²) < 4.78 is 5.82. The van der Waals surface area contributed by atoms with E-state index < -0.39 is 5.97 Å². The number of hydrogen-bond donors (Lipinski definition) is 2. The molecule has 0 spiro atoms. The van der Waals surface area contributed by atoms with E-state index >= 15 is 0 Å². The van der Waals surface area contributed by atoms with E-state index in [4.69, 9.17) is 9.84 Å². The summed E-state index contributed by atoms with van der Waals surface area (Å²) in [6.45, 7) is 0. The molecule has 0 saturated carbocycles. The van der Waals surface area contributed by atoms with Crippen molar-refractivity contribution in [1.82, 2.24) is 10.2 Å². The van der Waals surface area contributed by atoms with E-state index in [9.17, 15) is 4.79 Å². The number of aromatic amines is 1. The van der Waals surface area contributed by atoms with Crippen LogP contribution in [0.4, 0.5) is 0 Å². The SMILES string of the molecule is COc1cc2c(C(=O)O)n[nH]c2cc1Br. The highest BCUT2D eigenvalue weighted by Crippen LogP contribution is 2.30. The minimum atomic E-state index is -1.06. The summed E-state index contributed by atoms with van der Waals surface area (Å²) >= 11 is 3.30. The number of nitrogens with zero attached hydrogens (tertiary/aromatic N) is 1. The molecule has 5 nitrogen and oxygen atoms in total. The van der Waals surface area contributed by atoms with Gasteiger partial charge in [0.15, 0.2) is 5.69 Å². The van der Waals surface area contributed by atoms with Crippen LogP contribution in [0.15, 0.2) is 16.6 Å². The predicted octanol–water partition coefficient (Wildman–Crippen LogP) is 2.03. The Balaban J connectivity index is 2.74. The normalized spacial score (nSPS) is 10.5. The summed E-state index contributed by atoms with van der Waals surface area (Å²) in [5.41, 5.74) is 0.649. The second-order valence-electron chi connectivity index (χ2n) is 2.91. The van der Waals surface area contributed by atoms with E-state index in [1.165, 1.54) is 7.11 Å². The number of aromatic carboxylic acids is 1. The molecule has 0 amide bonds. The van der Waals surface area contributed by atoms with Gasteiger partial charge >= 0.3 is 5.97 Å². The molecule has 1 heterocycles. The number of halogens is 1. The van der Waals surface area contributed by atoms with E-state index in [-0.39, 0.29) is 5.69 Å². The largest absolute Gasteiger partial charge is 0.496 e. The van der Waals surface area contributed by atoms with Crippen LogP contribution < -0.4 is 4.74 Å². The number of benzene rings is 1. The Kier molecular flexibility index (Phi) is 2.36. The fraction of sp³-hybridized carbons (Fsp3) is 0.111. The zero-order chi connectivity index (χ0) is 11.0. The molecule has 0 aliphatic carbocycles. The smallest absolute Gasteiger partial charge is 0.357 e. The monoisotopic (exact) mass is 270 g/mol. The Hall–Kier alpha value is -1.56. The van der Waals surface area contributed by atoms with Crippen molar-refractivity contribution in [2.24, 2.45) is 0 Å². The molecule has 15 heavy (non-hydrogen) atoms. The molecule has 0 unspecified atom stereocenters. The molecule has 78 valence electrons. The number of ether oxygens (including phenoxy) is 1. The molecule has 0 radical (unpaired) electrons. The van der Waals surface area contributed by atoms with Crippen LogP contribution in [-0.2, 0) is 0 Å². The Labute approximate surface area is 93.2 Å². The van der Waals surface area contributed by atoms with Crippen molar-refractivity contribution in [3.63, 3.8) is 0 Å². The van der Waals surface area contributed by atoms with Gasteiger partial charge in [-0.15, -0.1) is 0 Å². The van der Waals surface area contributed by atoms with Crippen molar-refractivity contribution < 1.29 is 14.6 Å². The van der Waals surface area contributed by atoms with Crippen LogP contribution in [0.3, 0.4) is 0 Å². The van der Waals surface area contributed by atoms with Crippen molar-refractivity contribution >= 4 is 32.8 Å². The first-order valence-electron chi connectivity index (χ1n) is 4.08. The standard InChI is InChI=1S/C9H7BrN2O3/c1-15-7-2-4-6(3-5(7)10)11-12-8(4)9(13)14/h2-3H,1H3,(H,11,12)(H,13,14). The lowest BCUT2D eigenvalue weighted by Gasteiger charge is -2.02. The minimum Gasteiger partial charge on any atom is -0.496 e. The van der Waals surface area contributed by atoms with Gasteiger partial charge in [-0.1, -0.05) is 0 Å². The number of methoxy groups -OCH3 is 1. The second kappa shape index (κ2) is 3.54. The van der Waals surface area contributed by atoms with E-state index in [2.05, 4.69) is 26.1 Å². The summed E-state index contributed by atoms with van der Waals surface area (Å²) in [6, 6.07) is 3.36. The lowest BCUT2D eigenvalue weighted by atomic mass is 10.2. The summed E-state index contributed by atoms with van der Waals surface area (Å²) in [5.74, 6) is -0.489. The molecular weight excluding hydrogens is 264 g/mol. The molecule has 0 aliphatic rings. The van der Waals surface area contributed by atoms with Crippen LogP contribution in [0, 0.1) is 0 Å². The van der Waals surface area contributed by atoms with Crippen molar-refractivity contribution in [3.8, 4) is 5.75 Å². The van der Waals surface area contributed by atoms with E-state index in [1.807, 2.05) is 0 Å². The quantitative estimate of drug-likeness (QED) is 0.876. The van der Waals surface area contributed by atoms with Gasteiger partial charge in [0.1, 0.15) is 5.75 Å². The zero-order valence-corrected chi connectivity index (χ0v) is 9.33. The number of hydrogen-bond acceptors (Lipinski definition) is 3. The molecule has 0 saturated heterocycles. The van der Waals surface area contributed by atoms with Gasteiger partial charge in [0.25, 0.3) is 0 Å². The van der Waals surface area contributed by atoms with Crippen molar-refractivity contribution in [2.45, 2.75) is 0 Å². The maximum Gasteiger partial charge on any atom is 0.357 e. The van der Waals surface area contributed by atoms with Gasteiger partial charge in [0, 0.05) is 5.39 Å². The molecule has 2 rings (SSSR count). The van der Waals surface area contributed by atoms with Gasteiger partial charge < -0.3 is 9.84 Å². The third-order valence-corrected chi connectivity index (χ3v) is 2.66. The zero-order valence-electron chi connectivity index (χ0n) is 7.74. The van der Waals surface area contributed by atoms with Crippen LogP contribution in [0.2, 0.25) is 0 Å². The summed E-state index contributed by atoms with van der Waals surface area (Å²) in [4.78, 5) is 10.8. The van der Waals surface area contributed by atoms with E-state index in [0.717, 1.165) is 4.47 Å². The first-order valence-corrected chi connectivity index (χ1v) is 4.87. The Morgan fingerprint density at radius 2 is 2.33 bits per heavy atom. The number of carbonyl (C=O) groups is 1. The third kappa shape index (κ3) is 1.56. The molecular formula is C9H7BrN2O3. The summed E-state index contributed by atoms with van der Waals surface area (Å²) in [7, 11) is 1.52. The fourth-order valence-electron chi connectivity index (χ4n) is 1.34. The summed E-state index contributed by atoms with van der Waals surface area (Å²) in [6.07, 6.45) is 0. The molecule has 6 heteroatoms. The topological polar surface area (TPSA) is 75.2 Å². The number of rotatable bonds is 2. The highest BCUT2D eigenvalue weighted by Gasteiger charge is 2.14. The first kappa shape index (κ1) is 9.97. The average molecular weight is 271 g/mol. The first-order chi connectivity index (χ1) is 7.13. The maximum atomic E-state index is 10.8. The van der Waals surface area contributed by atoms with E-state index in [1.54, 1.807) is 12.1 Å². The van der Waals surface area contributed by atoms with Gasteiger partial charge in [-0.25, -0.2) is 4.79 Å². The molecule has 0 atom stereocenters. The molecule has 2 aromatic rings. The van der Waals surface area contributed by atoms with Crippen molar-refractivity contribution in [1.29, 1.82) is 0 Å². The van der Waals surface area contributed by atoms with Crippen molar-refractivity contribution in [2.75, 3.05) is 7.11 Å². The second-order valence-corrected chi connectivity index (χ2v) is 3.76. The fourth-order valence-corrected chi connectivity index (χ4v) is 1.84. The average Bonchev–Trinajstić information content (AvgIpc) is 2.59. The summed E-state index contributed by atoms with van der Waals surface area (Å²) in [5, 5.41) is 15.8. The van der Waals surface area contributed by atoms with Gasteiger partial charge in [0.2, 0.25) is 0 Å². The van der Waals surface area contributed by atoms with Crippen LogP contribution in [-0.4, -0.2) is 28.4 Å². The Morgan fingerprint density at radius 3 is 2.93 bits per heavy atom. The van der Waals surface area contributed by atoms with Gasteiger partial charge in [0.05, 0.1) is 17.1 Å². The Bertz CT molecular complexity index is 535. The lowest BCUT2D eigenvalue weighted by Crippen LogP contribution is -1.97. The number of fused-ring (bicyclic) bond motifs is 1. The number of H-pyrrole nitrogens is 1. The third-order valence-electron chi connectivity index (χ3n) is 2.04.